The molecule has 0 aromatic heterocycles. The first-order chi connectivity index (χ1) is 14.5. The maximum Gasteiger partial charge on any atom is 0.273 e. The summed E-state index contributed by atoms with van der Waals surface area (Å²) < 4.78 is 5.82. The number of nitro groups is 1. The minimum absolute atomic E-state index is 0.0861. The van der Waals surface area contributed by atoms with Crippen LogP contribution in [-0.2, 0) is 0 Å². The number of hydrogen-bond acceptors (Lipinski definition) is 5. The Bertz CT molecular complexity index is 1020. The summed E-state index contributed by atoms with van der Waals surface area (Å²) in [6.07, 6.45) is 3.89. The van der Waals surface area contributed by atoms with Crippen molar-refractivity contribution in [3.8, 4) is 5.75 Å². The fourth-order valence-electron chi connectivity index (χ4n) is 4.19. The molecule has 0 spiro atoms. The number of nitrogens with one attached hydrogen (secondary N) is 1. The molecule has 0 radical (unpaired) electrons. The molecule has 1 atom stereocenters. The highest BCUT2D eigenvalue weighted by atomic mass is 16.6. The third-order valence-corrected chi connectivity index (χ3v) is 5.81. The topological polar surface area (TPSA) is 102 Å². The summed E-state index contributed by atoms with van der Waals surface area (Å²) in [4.78, 5) is 38.5. The number of amides is 2. The Balaban J connectivity index is 1.61. The zero-order chi connectivity index (χ0) is 21.3. The molecule has 156 valence electrons. The Morgan fingerprint density at radius 1 is 1.23 bits per heavy atom. The lowest BCUT2D eigenvalue weighted by Gasteiger charge is -2.37. The summed E-state index contributed by atoms with van der Waals surface area (Å²) in [6, 6.07) is 9.55. The normalized spacial score (nSPS) is 18.4. The largest absolute Gasteiger partial charge is 0.493 e. The van der Waals surface area contributed by atoms with Gasteiger partial charge in [-0.1, -0.05) is 6.07 Å². The molecule has 1 fully saturated rings. The number of piperidine rings is 1. The minimum atomic E-state index is -0.511. The van der Waals surface area contributed by atoms with Crippen molar-refractivity contribution in [2.45, 2.75) is 38.6 Å². The number of rotatable bonds is 3. The molecule has 2 aromatic rings. The van der Waals surface area contributed by atoms with Crippen molar-refractivity contribution in [2.75, 3.05) is 18.5 Å². The fourth-order valence-corrected chi connectivity index (χ4v) is 4.19. The average Bonchev–Trinajstić information content (AvgIpc) is 2.73. The number of carbonyl (C=O) groups is 2. The van der Waals surface area contributed by atoms with Gasteiger partial charge in [-0.2, -0.15) is 0 Å². The van der Waals surface area contributed by atoms with Gasteiger partial charge in [0, 0.05) is 41.9 Å². The highest BCUT2D eigenvalue weighted by Gasteiger charge is 2.31. The molecule has 2 heterocycles. The Hall–Kier alpha value is -3.42. The lowest BCUT2D eigenvalue weighted by molar-refractivity contribution is -0.385. The first-order valence-corrected chi connectivity index (χ1v) is 10.1. The van der Waals surface area contributed by atoms with E-state index >= 15 is 0 Å². The molecule has 1 saturated heterocycles. The Morgan fingerprint density at radius 3 is 2.87 bits per heavy atom. The predicted octanol–water partition coefficient (Wildman–Crippen LogP) is 3.93. The predicted molar refractivity (Wildman–Crippen MR) is 111 cm³/mol. The lowest BCUT2D eigenvalue weighted by Crippen LogP contribution is -2.45. The van der Waals surface area contributed by atoms with Crippen LogP contribution in [-0.4, -0.2) is 40.8 Å². The van der Waals surface area contributed by atoms with Gasteiger partial charge in [-0.05, 0) is 50.5 Å². The van der Waals surface area contributed by atoms with Gasteiger partial charge in [-0.25, -0.2) is 0 Å². The van der Waals surface area contributed by atoms with Crippen LogP contribution in [0.2, 0.25) is 0 Å². The van der Waals surface area contributed by atoms with E-state index in [1.165, 1.54) is 18.2 Å². The molecule has 1 N–H and O–H groups in total. The van der Waals surface area contributed by atoms with Crippen molar-refractivity contribution in [1.82, 2.24) is 4.90 Å². The van der Waals surface area contributed by atoms with E-state index in [-0.39, 0.29) is 23.2 Å². The third kappa shape index (κ3) is 3.72. The average molecular weight is 409 g/mol. The van der Waals surface area contributed by atoms with E-state index in [9.17, 15) is 19.7 Å². The molecule has 2 aliphatic rings. The molecule has 2 aromatic carbocycles. The van der Waals surface area contributed by atoms with E-state index in [0.29, 0.717) is 29.2 Å². The van der Waals surface area contributed by atoms with E-state index in [1.54, 1.807) is 25.1 Å². The van der Waals surface area contributed by atoms with Crippen LogP contribution in [0.3, 0.4) is 0 Å². The number of anilines is 1. The second kappa shape index (κ2) is 8.14. The van der Waals surface area contributed by atoms with Crippen LogP contribution in [0.1, 0.15) is 52.0 Å². The van der Waals surface area contributed by atoms with Gasteiger partial charge in [0.1, 0.15) is 5.75 Å². The molecule has 2 amide bonds. The molecular weight excluding hydrogens is 386 g/mol. The molecule has 30 heavy (non-hydrogen) atoms. The van der Waals surface area contributed by atoms with Crippen LogP contribution in [0, 0.1) is 17.0 Å². The number of fused-ring (bicyclic) bond motifs is 2. The van der Waals surface area contributed by atoms with E-state index in [1.807, 2.05) is 4.90 Å². The van der Waals surface area contributed by atoms with Crippen molar-refractivity contribution in [2.24, 2.45) is 0 Å². The van der Waals surface area contributed by atoms with Gasteiger partial charge in [0.15, 0.2) is 0 Å². The SMILES string of the molecule is Cc1c(C(=O)Nc2ccc3c(c2)C(=O)N2CCCCC2CCO3)cccc1[N+](=O)[O-]. The number of nitrogens with zero attached hydrogens (tertiary/aromatic N) is 2. The van der Waals surface area contributed by atoms with Crippen LogP contribution >= 0.6 is 0 Å². The molecule has 2 aliphatic heterocycles. The van der Waals surface area contributed by atoms with Gasteiger partial charge in [-0.15, -0.1) is 0 Å². The van der Waals surface area contributed by atoms with E-state index in [4.69, 9.17) is 4.74 Å². The molecule has 1 unspecified atom stereocenters. The van der Waals surface area contributed by atoms with Crippen molar-refractivity contribution in [3.63, 3.8) is 0 Å². The summed E-state index contributed by atoms with van der Waals surface area (Å²) in [5.41, 5.74) is 1.27. The van der Waals surface area contributed by atoms with Gasteiger partial charge >= 0.3 is 0 Å². The second-order valence-electron chi connectivity index (χ2n) is 7.66. The summed E-state index contributed by atoms with van der Waals surface area (Å²) in [6.45, 7) is 2.81. The summed E-state index contributed by atoms with van der Waals surface area (Å²) >= 11 is 0. The van der Waals surface area contributed by atoms with Crippen LogP contribution in [0.25, 0.3) is 0 Å². The number of hydrogen-bond donors (Lipinski definition) is 1. The third-order valence-electron chi connectivity index (χ3n) is 5.81. The maximum absolute atomic E-state index is 13.2. The van der Waals surface area contributed by atoms with Crippen molar-refractivity contribution >= 4 is 23.2 Å². The maximum atomic E-state index is 13.2. The molecule has 0 aliphatic carbocycles. The van der Waals surface area contributed by atoms with Gasteiger partial charge in [0.05, 0.1) is 17.1 Å². The van der Waals surface area contributed by atoms with Crippen LogP contribution < -0.4 is 10.1 Å². The Morgan fingerprint density at radius 2 is 2.07 bits per heavy atom. The van der Waals surface area contributed by atoms with E-state index in [0.717, 1.165) is 32.2 Å². The Labute approximate surface area is 174 Å². The lowest BCUT2D eigenvalue weighted by atomic mass is 9.97. The molecule has 0 saturated carbocycles. The zero-order valence-electron chi connectivity index (χ0n) is 16.7. The van der Waals surface area contributed by atoms with E-state index < -0.39 is 10.8 Å². The molecule has 4 rings (SSSR count). The molecule has 0 bridgehead atoms. The fraction of sp³-hybridized carbons (Fsp3) is 0.364. The van der Waals surface area contributed by atoms with Gasteiger partial charge in [0.2, 0.25) is 0 Å². The summed E-state index contributed by atoms with van der Waals surface area (Å²) in [5.74, 6) is -0.0446. The number of benzene rings is 2. The second-order valence-corrected chi connectivity index (χ2v) is 7.66. The summed E-state index contributed by atoms with van der Waals surface area (Å²) in [5, 5.41) is 13.9. The van der Waals surface area contributed by atoms with Crippen molar-refractivity contribution in [3.05, 3.63) is 63.2 Å². The quantitative estimate of drug-likeness (QED) is 0.611. The minimum Gasteiger partial charge on any atom is -0.493 e. The Kier molecular flexibility index (Phi) is 5.39. The standard InChI is InChI=1S/C22H23N3O5/c1-14-17(6-4-7-19(14)25(28)29)21(26)23-15-8-9-20-18(13-15)22(27)24-11-3-2-5-16(24)10-12-30-20/h4,6-9,13,16H,2-3,5,10-12H2,1H3,(H,23,26). The zero-order valence-corrected chi connectivity index (χ0v) is 16.7. The van der Waals surface area contributed by atoms with Crippen molar-refractivity contribution < 1.29 is 19.2 Å². The van der Waals surface area contributed by atoms with Crippen LogP contribution in [0.4, 0.5) is 11.4 Å². The van der Waals surface area contributed by atoms with Crippen LogP contribution in [0.15, 0.2) is 36.4 Å². The van der Waals surface area contributed by atoms with Gasteiger partial charge < -0.3 is 15.0 Å². The van der Waals surface area contributed by atoms with Crippen LogP contribution in [0.5, 0.6) is 5.75 Å². The van der Waals surface area contributed by atoms with E-state index in [2.05, 4.69) is 5.32 Å². The van der Waals surface area contributed by atoms with Crippen molar-refractivity contribution in [1.29, 1.82) is 0 Å². The number of ether oxygens (including phenoxy) is 1. The summed E-state index contributed by atoms with van der Waals surface area (Å²) in [7, 11) is 0. The number of nitro benzene ring substituents is 1. The van der Waals surface area contributed by atoms with Gasteiger partial charge in [0.25, 0.3) is 17.5 Å². The highest BCUT2D eigenvalue weighted by molar-refractivity contribution is 6.07. The first-order valence-electron chi connectivity index (χ1n) is 10.1. The monoisotopic (exact) mass is 409 g/mol. The first kappa shape index (κ1) is 19.9. The highest BCUT2D eigenvalue weighted by Crippen LogP contribution is 2.31. The molecule has 8 nitrogen and oxygen atoms in total. The number of carbonyl (C=O) groups excluding carboxylic acids is 2. The molecular formula is C22H23N3O5. The van der Waals surface area contributed by atoms with Gasteiger partial charge in [-0.3, -0.25) is 19.7 Å². The smallest absolute Gasteiger partial charge is 0.273 e. The molecule has 8 heteroatoms.